The van der Waals surface area contributed by atoms with Gasteiger partial charge in [0.25, 0.3) is 0 Å². The maximum Gasteiger partial charge on any atom is 0.163 e. The highest BCUT2D eigenvalue weighted by Crippen LogP contribution is 2.21. The molecule has 3 aromatic rings. The summed E-state index contributed by atoms with van der Waals surface area (Å²) in [5, 5.41) is 5.56. The van der Waals surface area contributed by atoms with Crippen LogP contribution in [0.25, 0.3) is 11.0 Å². The lowest BCUT2D eigenvalue weighted by Gasteiger charge is -2.04. The summed E-state index contributed by atoms with van der Waals surface area (Å²) in [5.41, 5.74) is 1.91. The average Bonchev–Trinajstić information content (AvgIpc) is 2.73. The third kappa shape index (κ3) is 2.48. The first kappa shape index (κ1) is 12.6. The minimum atomic E-state index is 0.447. The van der Waals surface area contributed by atoms with Crippen LogP contribution in [-0.4, -0.2) is 19.7 Å². The van der Waals surface area contributed by atoms with Crippen molar-refractivity contribution in [2.75, 3.05) is 0 Å². The van der Waals surface area contributed by atoms with Crippen molar-refractivity contribution >= 4 is 38.6 Å². The van der Waals surface area contributed by atoms with E-state index in [1.165, 1.54) is 0 Å². The van der Waals surface area contributed by atoms with E-state index in [2.05, 4.69) is 37.1 Å². The number of nitrogens with zero attached hydrogens (tertiary/aromatic N) is 4. The first-order valence-corrected chi connectivity index (χ1v) is 6.90. The van der Waals surface area contributed by atoms with Crippen LogP contribution in [0.1, 0.15) is 11.4 Å². The summed E-state index contributed by atoms with van der Waals surface area (Å²) in [6, 6.07) is 8.10. The van der Waals surface area contributed by atoms with Crippen molar-refractivity contribution in [1.82, 2.24) is 19.7 Å². The van der Waals surface area contributed by atoms with E-state index in [1.54, 1.807) is 6.20 Å². The summed E-state index contributed by atoms with van der Waals surface area (Å²) in [6.07, 6.45) is 1.70. The summed E-state index contributed by atoms with van der Waals surface area (Å²) >= 11 is 9.55. The Hall–Kier alpha value is -1.46. The van der Waals surface area contributed by atoms with Crippen molar-refractivity contribution in [2.24, 2.45) is 0 Å². The van der Waals surface area contributed by atoms with Crippen LogP contribution in [0.3, 0.4) is 0 Å². The summed E-state index contributed by atoms with van der Waals surface area (Å²) in [4.78, 5) is 8.54. The Morgan fingerprint density at radius 1 is 1.32 bits per heavy atom. The van der Waals surface area contributed by atoms with Gasteiger partial charge in [-0.15, -0.1) is 0 Å². The van der Waals surface area contributed by atoms with E-state index in [0.29, 0.717) is 17.5 Å². The molecule has 0 aliphatic heterocycles. The van der Waals surface area contributed by atoms with Crippen LogP contribution < -0.4 is 0 Å². The van der Waals surface area contributed by atoms with E-state index in [-0.39, 0.29) is 0 Å². The molecule has 0 bridgehead atoms. The molecular weight excluding hydrogens is 328 g/mol. The van der Waals surface area contributed by atoms with Gasteiger partial charge in [-0.1, -0.05) is 39.7 Å². The standard InChI is InChI=1S/C13H10BrClN4/c1-8-17-12(15)11-6-16-19(13(11)18-8)7-9-3-2-4-10(14)5-9/h2-6H,7H2,1H3. The third-order valence-corrected chi connectivity index (χ3v) is 3.56. The van der Waals surface area contributed by atoms with Crippen molar-refractivity contribution in [3.8, 4) is 0 Å². The predicted molar refractivity (Wildman–Crippen MR) is 78.3 cm³/mol. The minimum Gasteiger partial charge on any atom is -0.243 e. The summed E-state index contributed by atoms with van der Waals surface area (Å²) in [7, 11) is 0. The Bertz CT molecular complexity index is 753. The Kier molecular flexibility index (Phi) is 3.24. The highest BCUT2D eigenvalue weighted by Gasteiger charge is 2.10. The van der Waals surface area contributed by atoms with Crippen LogP contribution in [0.2, 0.25) is 5.15 Å². The molecule has 0 saturated heterocycles. The molecule has 0 radical (unpaired) electrons. The first-order chi connectivity index (χ1) is 9.13. The lowest BCUT2D eigenvalue weighted by molar-refractivity contribution is 0.702. The van der Waals surface area contributed by atoms with Crippen LogP contribution in [0.5, 0.6) is 0 Å². The van der Waals surface area contributed by atoms with Crippen LogP contribution in [-0.2, 0) is 6.54 Å². The van der Waals surface area contributed by atoms with Gasteiger partial charge in [-0.2, -0.15) is 5.10 Å². The molecule has 2 aromatic heterocycles. The molecule has 0 unspecified atom stereocenters. The first-order valence-electron chi connectivity index (χ1n) is 5.73. The molecule has 0 spiro atoms. The summed E-state index contributed by atoms with van der Waals surface area (Å²) < 4.78 is 2.88. The van der Waals surface area contributed by atoms with E-state index >= 15 is 0 Å². The van der Waals surface area contributed by atoms with Crippen LogP contribution in [0, 0.1) is 6.92 Å². The molecule has 6 heteroatoms. The Labute approximate surface area is 123 Å². The molecule has 0 aliphatic rings. The van der Waals surface area contributed by atoms with Gasteiger partial charge in [0, 0.05) is 4.47 Å². The molecule has 0 saturated carbocycles. The molecule has 0 atom stereocenters. The average molecular weight is 338 g/mol. The van der Waals surface area contributed by atoms with Crippen LogP contribution in [0.4, 0.5) is 0 Å². The topological polar surface area (TPSA) is 43.6 Å². The predicted octanol–water partition coefficient (Wildman–Crippen LogP) is 3.60. The maximum atomic E-state index is 6.09. The van der Waals surface area contributed by atoms with E-state index < -0.39 is 0 Å². The monoisotopic (exact) mass is 336 g/mol. The number of rotatable bonds is 2. The number of benzene rings is 1. The van der Waals surface area contributed by atoms with Crippen molar-refractivity contribution < 1.29 is 0 Å². The van der Waals surface area contributed by atoms with Gasteiger partial charge < -0.3 is 0 Å². The van der Waals surface area contributed by atoms with Crippen LogP contribution in [0.15, 0.2) is 34.9 Å². The molecule has 0 fully saturated rings. The molecule has 0 aliphatic carbocycles. The van der Waals surface area contributed by atoms with Gasteiger partial charge in [-0.3, -0.25) is 0 Å². The second kappa shape index (κ2) is 4.90. The Morgan fingerprint density at radius 3 is 2.95 bits per heavy atom. The van der Waals surface area contributed by atoms with Crippen molar-refractivity contribution in [3.63, 3.8) is 0 Å². The second-order valence-electron chi connectivity index (χ2n) is 4.23. The smallest absolute Gasteiger partial charge is 0.163 e. The molecule has 96 valence electrons. The zero-order chi connectivity index (χ0) is 13.4. The number of halogens is 2. The molecule has 1 aromatic carbocycles. The highest BCUT2D eigenvalue weighted by atomic mass is 79.9. The highest BCUT2D eigenvalue weighted by molar-refractivity contribution is 9.10. The normalized spacial score (nSPS) is 11.1. The van der Waals surface area contributed by atoms with Gasteiger partial charge >= 0.3 is 0 Å². The fourth-order valence-electron chi connectivity index (χ4n) is 1.95. The Morgan fingerprint density at radius 2 is 2.16 bits per heavy atom. The summed E-state index contributed by atoms with van der Waals surface area (Å²) in [5.74, 6) is 0.647. The lowest BCUT2D eigenvalue weighted by atomic mass is 10.2. The van der Waals surface area contributed by atoms with Crippen LogP contribution >= 0.6 is 27.5 Å². The molecule has 2 heterocycles. The van der Waals surface area contributed by atoms with E-state index in [0.717, 1.165) is 21.1 Å². The van der Waals surface area contributed by atoms with Crippen molar-refractivity contribution in [2.45, 2.75) is 13.5 Å². The number of fused-ring (bicyclic) bond motifs is 1. The van der Waals surface area contributed by atoms with Gasteiger partial charge in [0.15, 0.2) is 5.65 Å². The largest absolute Gasteiger partial charge is 0.243 e. The SMILES string of the molecule is Cc1nc(Cl)c2cnn(Cc3cccc(Br)c3)c2n1. The number of aryl methyl sites for hydroxylation is 1. The zero-order valence-electron chi connectivity index (χ0n) is 10.1. The lowest BCUT2D eigenvalue weighted by Crippen LogP contribution is -2.03. The number of aromatic nitrogens is 4. The van der Waals surface area contributed by atoms with Gasteiger partial charge in [0.05, 0.1) is 18.1 Å². The molecule has 3 rings (SSSR count). The van der Waals surface area contributed by atoms with E-state index in [1.807, 2.05) is 29.8 Å². The molecule has 4 nitrogen and oxygen atoms in total. The quantitative estimate of drug-likeness (QED) is 0.671. The fourth-order valence-corrected chi connectivity index (χ4v) is 2.65. The van der Waals surface area contributed by atoms with Gasteiger partial charge in [-0.25, -0.2) is 14.6 Å². The van der Waals surface area contributed by atoms with E-state index in [4.69, 9.17) is 11.6 Å². The number of hydrogen-bond donors (Lipinski definition) is 0. The third-order valence-electron chi connectivity index (χ3n) is 2.78. The number of hydrogen-bond acceptors (Lipinski definition) is 3. The van der Waals surface area contributed by atoms with E-state index in [9.17, 15) is 0 Å². The van der Waals surface area contributed by atoms with Gasteiger partial charge in [-0.05, 0) is 24.6 Å². The fraction of sp³-hybridized carbons (Fsp3) is 0.154. The Balaban J connectivity index is 2.06. The van der Waals surface area contributed by atoms with Crippen molar-refractivity contribution in [1.29, 1.82) is 0 Å². The van der Waals surface area contributed by atoms with Gasteiger partial charge in [0.1, 0.15) is 11.0 Å². The minimum absolute atomic E-state index is 0.447. The molecule has 0 amide bonds. The molecule has 19 heavy (non-hydrogen) atoms. The van der Waals surface area contributed by atoms with Gasteiger partial charge in [0.2, 0.25) is 0 Å². The second-order valence-corrected chi connectivity index (χ2v) is 5.50. The summed E-state index contributed by atoms with van der Waals surface area (Å²) in [6.45, 7) is 2.47. The maximum absolute atomic E-state index is 6.09. The van der Waals surface area contributed by atoms with Crippen molar-refractivity contribution in [3.05, 3.63) is 51.5 Å². The zero-order valence-corrected chi connectivity index (χ0v) is 12.5. The molecule has 0 N–H and O–H groups in total. The molecular formula is C13H10BrClN4.